The maximum Gasteiger partial charge on any atom is 0.244 e. The number of nitrogens with one attached hydrogen (secondary N) is 1. The van der Waals surface area contributed by atoms with Gasteiger partial charge in [-0.2, -0.15) is 0 Å². The molecule has 2 heterocycles. The molecule has 0 amide bonds. The molecule has 0 aliphatic carbocycles. The number of halogens is 1. The van der Waals surface area contributed by atoms with Gasteiger partial charge in [-0.3, -0.25) is 9.88 Å². The minimum absolute atomic E-state index is 0.0755. The van der Waals surface area contributed by atoms with Gasteiger partial charge in [0, 0.05) is 30.5 Å². The van der Waals surface area contributed by atoms with E-state index in [1.54, 1.807) is 18.3 Å². The predicted octanol–water partition coefficient (Wildman–Crippen LogP) is 2.93. The number of rotatable bonds is 7. The summed E-state index contributed by atoms with van der Waals surface area (Å²) in [4.78, 5) is 6.60. The zero-order chi connectivity index (χ0) is 19.3. The van der Waals surface area contributed by atoms with Crippen molar-refractivity contribution < 1.29 is 13.2 Å². The van der Waals surface area contributed by atoms with Crippen molar-refractivity contribution in [1.82, 2.24) is 14.6 Å². The Balaban J connectivity index is 1.53. The van der Waals surface area contributed by atoms with Crippen molar-refractivity contribution >= 4 is 21.6 Å². The van der Waals surface area contributed by atoms with Gasteiger partial charge in [-0.25, -0.2) is 13.1 Å². The van der Waals surface area contributed by atoms with Crippen LogP contribution in [0.4, 0.5) is 0 Å². The Morgan fingerprint density at radius 1 is 1.30 bits per heavy atom. The van der Waals surface area contributed by atoms with Crippen molar-refractivity contribution in [2.45, 2.75) is 24.3 Å². The molecule has 0 atom stereocenters. The summed E-state index contributed by atoms with van der Waals surface area (Å²) in [6.45, 7) is 3.19. The Labute approximate surface area is 165 Å². The highest BCUT2D eigenvalue weighted by atomic mass is 35.5. The smallest absolute Gasteiger partial charge is 0.244 e. The summed E-state index contributed by atoms with van der Waals surface area (Å²) >= 11 is 5.95. The summed E-state index contributed by atoms with van der Waals surface area (Å²) in [5, 5.41) is 0.361. The number of pyridine rings is 1. The zero-order valence-corrected chi connectivity index (χ0v) is 16.8. The fraction of sp³-hybridized carbons (Fsp3) is 0.421. The number of sulfonamides is 1. The molecule has 6 nitrogen and oxygen atoms in total. The molecule has 1 aliphatic heterocycles. The summed E-state index contributed by atoms with van der Waals surface area (Å²) in [7, 11) is -2.22. The van der Waals surface area contributed by atoms with Crippen molar-refractivity contribution in [2.24, 2.45) is 5.92 Å². The Morgan fingerprint density at radius 2 is 2.07 bits per heavy atom. The van der Waals surface area contributed by atoms with Crippen LogP contribution in [0.2, 0.25) is 5.02 Å². The molecule has 1 fully saturated rings. The van der Waals surface area contributed by atoms with Crippen LogP contribution in [0, 0.1) is 5.92 Å². The molecule has 1 aromatic heterocycles. The van der Waals surface area contributed by atoms with Crippen LogP contribution in [0.5, 0.6) is 5.75 Å². The van der Waals surface area contributed by atoms with E-state index in [0.717, 1.165) is 32.5 Å². The summed E-state index contributed by atoms with van der Waals surface area (Å²) in [6.07, 6.45) is 5.57. The average molecular weight is 410 g/mol. The van der Waals surface area contributed by atoms with E-state index in [4.69, 9.17) is 16.3 Å². The lowest BCUT2D eigenvalue weighted by Crippen LogP contribution is -2.38. The standard InChI is InChI=1S/C19H24ClN3O3S/c1-26-18-5-4-17(20)11-19(18)27(24,25)22-13-15-6-9-23(10-7-15)14-16-3-2-8-21-12-16/h2-5,8,11-12,15,22H,6-7,9-10,13-14H2,1H3. The number of hydrogen-bond donors (Lipinski definition) is 1. The van der Waals surface area contributed by atoms with E-state index in [2.05, 4.69) is 20.7 Å². The molecule has 8 heteroatoms. The molecule has 0 spiro atoms. The van der Waals surface area contributed by atoms with Gasteiger partial charge in [0.25, 0.3) is 0 Å². The Kier molecular flexibility index (Phi) is 6.70. The molecule has 2 aromatic rings. The van der Waals surface area contributed by atoms with Gasteiger partial charge in [0.15, 0.2) is 0 Å². The van der Waals surface area contributed by atoms with E-state index in [0.29, 0.717) is 17.5 Å². The molecule has 3 rings (SSSR count). The Hall–Kier alpha value is -1.67. The Morgan fingerprint density at radius 3 is 2.74 bits per heavy atom. The van der Waals surface area contributed by atoms with E-state index >= 15 is 0 Å². The molecule has 1 aliphatic rings. The number of likely N-dealkylation sites (tertiary alicyclic amines) is 1. The van der Waals surface area contributed by atoms with Crippen molar-refractivity contribution in [3.05, 3.63) is 53.3 Å². The van der Waals surface area contributed by atoms with Crippen LogP contribution >= 0.6 is 11.6 Å². The molecule has 146 valence electrons. The quantitative estimate of drug-likeness (QED) is 0.761. The molecule has 0 unspecified atom stereocenters. The number of nitrogens with zero attached hydrogens (tertiary/aromatic N) is 2. The molecule has 27 heavy (non-hydrogen) atoms. The topological polar surface area (TPSA) is 71.5 Å². The first-order valence-electron chi connectivity index (χ1n) is 8.92. The van der Waals surface area contributed by atoms with Crippen LogP contribution in [0.3, 0.4) is 0 Å². The third-order valence-electron chi connectivity index (χ3n) is 4.81. The third-order valence-corrected chi connectivity index (χ3v) is 6.49. The average Bonchev–Trinajstić information content (AvgIpc) is 2.68. The lowest BCUT2D eigenvalue weighted by Gasteiger charge is -2.32. The fourth-order valence-electron chi connectivity index (χ4n) is 3.26. The first kappa shape index (κ1) is 20.1. The van der Waals surface area contributed by atoms with Gasteiger partial charge in [0.05, 0.1) is 7.11 Å². The number of aromatic nitrogens is 1. The summed E-state index contributed by atoms with van der Waals surface area (Å²) in [6, 6.07) is 8.61. The predicted molar refractivity (Wildman–Crippen MR) is 105 cm³/mol. The maximum atomic E-state index is 12.6. The van der Waals surface area contributed by atoms with E-state index < -0.39 is 10.0 Å². The number of benzene rings is 1. The molecule has 1 aromatic carbocycles. The van der Waals surface area contributed by atoms with E-state index in [1.807, 2.05) is 12.3 Å². The SMILES string of the molecule is COc1ccc(Cl)cc1S(=O)(=O)NCC1CCN(Cc2cccnc2)CC1. The normalized spacial score (nSPS) is 16.4. The van der Waals surface area contributed by atoms with Crippen LogP contribution in [0.25, 0.3) is 0 Å². The zero-order valence-electron chi connectivity index (χ0n) is 15.3. The highest BCUT2D eigenvalue weighted by molar-refractivity contribution is 7.89. The van der Waals surface area contributed by atoms with Crippen molar-refractivity contribution in [2.75, 3.05) is 26.7 Å². The van der Waals surface area contributed by atoms with Crippen LogP contribution in [0.1, 0.15) is 18.4 Å². The number of ether oxygens (including phenoxy) is 1. The minimum Gasteiger partial charge on any atom is -0.495 e. The Bertz CT molecular complexity index is 854. The van der Waals surface area contributed by atoms with Crippen LogP contribution in [-0.2, 0) is 16.6 Å². The summed E-state index contributed by atoms with van der Waals surface area (Å²) < 4.78 is 33.2. The van der Waals surface area contributed by atoms with Crippen LogP contribution in [0.15, 0.2) is 47.6 Å². The minimum atomic E-state index is -3.67. The molecule has 1 N–H and O–H groups in total. The van der Waals surface area contributed by atoms with Gasteiger partial charge in [0.2, 0.25) is 10.0 Å². The van der Waals surface area contributed by atoms with Gasteiger partial charge < -0.3 is 4.74 Å². The largest absolute Gasteiger partial charge is 0.495 e. The van der Waals surface area contributed by atoms with E-state index in [9.17, 15) is 8.42 Å². The fourth-order valence-corrected chi connectivity index (χ4v) is 4.81. The molecular weight excluding hydrogens is 386 g/mol. The first-order valence-corrected chi connectivity index (χ1v) is 10.8. The summed E-state index contributed by atoms with van der Waals surface area (Å²) in [5.41, 5.74) is 1.20. The number of hydrogen-bond acceptors (Lipinski definition) is 5. The van der Waals surface area contributed by atoms with Crippen molar-refractivity contribution in [3.8, 4) is 5.75 Å². The second kappa shape index (κ2) is 9.01. The molecule has 0 radical (unpaired) electrons. The van der Waals surface area contributed by atoms with Crippen molar-refractivity contribution in [1.29, 1.82) is 0 Å². The number of methoxy groups -OCH3 is 1. The first-order chi connectivity index (χ1) is 13.0. The monoisotopic (exact) mass is 409 g/mol. The lowest BCUT2D eigenvalue weighted by atomic mass is 9.97. The second-order valence-electron chi connectivity index (χ2n) is 6.73. The van der Waals surface area contributed by atoms with Gasteiger partial charge in [-0.15, -0.1) is 0 Å². The van der Waals surface area contributed by atoms with Gasteiger partial charge in [-0.1, -0.05) is 17.7 Å². The molecule has 1 saturated heterocycles. The van der Waals surface area contributed by atoms with Gasteiger partial charge >= 0.3 is 0 Å². The van der Waals surface area contributed by atoms with Gasteiger partial charge in [0.1, 0.15) is 10.6 Å². The molecule has 0 saturated carbocycles. The number of piperidine rings is 1. The van der Waals surface area contributed by atoms with Crippen molar-refractivity contribution in [3.63, 3.8) is 0 Å². The second-order valence-corrected chi connectivity index (χ2v) is 8.90. The van der Waals surface area contributed by atoms with Gasteiger partial charge in [-0.05, 0) is 61.7 Å². The third kappa shape index (κ3) is 5.42. The van der Waals surface area contributed by atoms with E-state index in [1.165, 1.54) is 18.7 Å². The molecule has 0 bridgehead atoms. The van der Waals surface area contributed by atoms with E-state index in [-0.39, 0.29) is 10.6 Å². The summed E-state index contributed by atoms with van der Waals surface area (Å²) in [5.74, 6) is 0.605. The maximum absolute atomic E-state index is 12.6. The van der Waals surface area contributed by atoms with Crippen LogP contribution < -0.4 is 9.46 Å². The highest BCUT2D eigenvalue weighted by Gasteiger charge is 2.24. The molecular formula is C19H24ClN3O3S. The van der Waals surface area contributed by atoms with Crippen LogP contribution in [-0.4, -0.2) is 45.0 Å². The lowest BCUT2D eigenvalue weighted by molar-refractivity contribution is 0.178. The highest BCUT2D eigenvalue weighted by Crippen LogP contribution is 2.27.